The number of carbonyl (C=O) groups is 1. The van der Waals surface area contributed by atoms with E-state index in [0.717, 1.165) is 17.7 Å². The zero-order chi connectivity index (χ0) is 17.9. The van der Waals surface area contributed by atoms with Gasteiger partial charge in [0.1, 0.15) is 11.3 Å². The van der Waals surface area contributed by atoms with Crippen LogP contribution in [0, 0.1) is 5.82 Å². The van der Waals surface area contributed by atoms with E-state index in [4.69, 9.17) is 4.42 Å². The third-order valence-corrected chi connectivity index (χ3v) is 4.33. The maximum atomic E-state index is 13.1. The van der Waals surface area contributed by atoms with Crippen molar-refractivity contribution in [1.82, 2.24) is 15.3 Å². The van der Waals surface area contributed by atoms with Crippen molar-refractivity contribution in [2.45, 2.75) is 25.2 Å². The van der Waals surface area contributed by atoms with Crippen molar-refractivity contribution in [3.63, 3.8) is 0 Å². The lowest BCUT2D eigenvalue weighted by molar-refractivity contribution is -0.120. The van der Waals surface area contributed by atoms with Crippen LogP contribution in [0.15, 0.2) is 40.9 Å². The van der Waals surface area contributed by atoms with Gasteiger partial charge in [0.15, 0.2) is 0 Å². The van der Waals surface area contributed by atoms with Gasteiger partial charge in [-0.2, -0.15) is 4.98 Å². The van der Waals surface area contributed by atoms with E-state index >= 15 is 0 Å². The first-order valence-corrected chi connectivity index (χ1v) is 8.69. The molecule has 1 aliphatic rings. The van der Waals surface area contributed by atoms with Gasteiger partial charge in [0, 0.05) is 19.2 Å². The fraction of sp³-hybridized carbons (Fsp3) is 0.316. The van der Waals surface area contributed by atoms with Crippen LogP contribution >= 0.6 is 0 Å². The molecule has 7 heteroatoms. The summed E-state index contributed by atoms with van der Waals surface area (Å²) in [5.74, 6) is 0.226. The van der Waals surface area contributed by atoms with Gasteiger partial charge in [-0.1, -0.05) is 24.3 Å². The molecule has 0 spiro atoms. The predicted octanol–water partition coefficient (Wildman–Crippen LogP) is 3.01. The van der Waals surface area contributed by atoms with Crippen molar-refractivity contribution in [3.8, 4) is 0 Å². The minimum Gasteiger partial charge on any atom is -0.404 e. The Morgan fingerprint density at radius 1 is 1.23 bits per heavy atom. The van der Waals surface area contributed by atoms with Gasteiger partial charge in [-0.3, -0.25) is 4.79 Å². The van der Waals surface area contributed by atoms with E-state index in [-0.39, 0.29) is 17.6 Å². The second-order valence-corrected chi connectivity index (χ2v) is 6.47. The van der Waals surface area contributed by atoms with E-state index in [9.17, 15) is 9.18 Å². The van der Waals surface area contributed by atoms with Gasteiger partial charge < -0.3 is 15.1 Å². The number of anilines is 1. The van der Waals surface area contributed by atoms with Gasteiger partial charge in [-0.15, -0.1) is 0 Å². The molecule has 2 aromatic heterocycles. The summed E-state index contributed by atoms with van der Waals surface area (Å²) >= 11 is 0. The van der Waals surface area contributed by atoms with Crippen LogP contribution in [0.5, 0.6) is 0 Å². The summed E-state index contributed by atoms with van der Waals surface area (Å²) in [4.78, 5) is 19.9. The van der Waals surface area contributed by atoms with Crippen molar-refractivity contribution in [2.24, 2.45) is 0 Å². The summed E-state index contributed by atoms with van der Waals surface area (Å²) in [6.45, 7) is 0.876. The van der Waals surface area contributed by atoms with E-state index in [0.29, 0.717) is 25.0 Å². The molecule has 0 bridgehead atoms. The van der Waals surface area contributed by atoms with Gasteiger partial charge in [0.25, 0.3) is 6.01 Å². The number of halogens is 1. The van der Waals surface area contributed by atoms with Crippen molar-refractivity contribution in [2.75, 3.05) is 18.4 Å². The number of hydrogen-bond acceptors (Lipinski definition) is 5. The van der Waals surface area contributed by atoms with Gasteiger partial charge in [0.05, 0.1) is 12.6 Å². The second kappa shape index (κ2) is 7.11. The second-order valence-electron chi connectivity index (χ2n) is 6.47. The molecule has 3 aromatic rings. The quantitative estimate of drug-likeness (QED) is 0.638. The number of rotatable bonds is 7. The molecule has 4 rings (SSSR count). The number of aromatic nitrogens is 2. The van der Waals surface area contributed by atoms with Gasteiger partial charge >= 0.3 is 0 Å². The Bertz CT molecular complexity index is 919. The molecule has 2 N–H and O–H groups in total. The summed E-state index contributed by atoms with van der Waals surface area (Å²) < 4.78 is 18.4. The molecule has 0 aliphatic heterocycles. The molecule has 0 atom stereocenters. The topological polar surface area (TPSA) is 80.0 Å². The fourth-order valence-electron chi connectivity index (χ4n) is 2.82. The third-order valence-electron chi connectivity index (χ3n) is 4.33. The lowest BCUT2D eigenvalue weighted by Gasteiger charge is -2.06. The Labute approximate surface area is 149 Å². The lowest BCUT2D eigenvalue weighted by Crippen LogP contribution is -2.30. The number of nitrogens with one attached hydrogen (secondary N) is 2. The van der Waals surface area contributed by atoms with Gasteiger partial charge in [0.2, 0.25) is 11.6 Å². The molecule has 0 unspecified atom stereocenters. The molecule has 1 amide bonds. The SMILES string of the molecule is O=C(Cc1ccc(C2CC2)cc1)NCCNc1nc2cc(F)cnc2o1. The zero-order valence-electron chi connectivity index (χ0n) is 14.2. The maximum absolute atomic E-state index is 13.1. The number of carbonyl (C=O) groups excluding carboxylic acids is 1. The summed E-state index contributed by atoms with van der Waals surface area (Å²) in [7, 11) is 0. The summed E-state index contributed by atoms with van der Waals surface area (Å²) in [6, 6.07) is 9.79. The minimum absolute atomic E-state index is 0.0349. The normalized spacial score (nSPS) is 13.7. The first-order valence-electron chi connectivity index (χ1n) is 8.69. The maximum Gasteiger partial charge on any atom is 0.297 e. The third kappa shape index (κ3) is 3.99. The number of nitrogens with zero attached hydrogens (tertiary/aromatic N) is 2. The molecule has 6 nitrogen and oxygen atoms in total. The predicted molar refractivity (Wildman–Crippen MR) is 95.4 cm³/mol. The molecule has 26 heavy (non-hydrogen) atoms. The van der Waals surface area contributed by atoms with Crippen LogP contribution in [-0.4, -0.2) is 29.0 Å². The summed E-state index contributed by atoms with van der Waals surface area (Å²) in [5, 5.41) is 5.79. The molecule has 1 aromatic carbocycles. The Balaban J connectivity index is 1.21. The molecular weight excluding hydrogens is 335 g/mol. The fourth-order valence-corrected chi connectivity index (χ4v) is 2.82. The first kappa shape index (κ1) is 16.5. The average molecular weight is 354 g/mol. The van der Waals surface area contributed by atoms with Gasteiger partial charge in [-0.25, -0.2) is 9.37 Å². The number of fused-ring (bicyclic) bond motifs is 1. The van der Waals surface area contributed by atoms with Crippen LogP contribution in [0.25, 0.3) is 11.2 Å². The molecule has 1 saturated carbocycles. The molecule has 1 aliphatic carbocycles. The van der Waals surface area contributed by atoms with Crippen molar-refractivity contribution in [3.05, 3.63) is 53.5 Å². The number of hydrogen-bond donors (Lipinski definition) is 2. The van der Waals surface area contributed by atoms with E-state index in [1.165, 1.54) is 24.5 Å². The standard InChI is InChI=1S/C19H19FN4O2/c20-15-10-16-18(23-11-15)26-19(24-16)22-8-7-21-17(25)9-12-1-3-13(4-2-12)14-5-6-14/h1-4,10-11,14H,5-9H2,(H,21,25)(H,22,24). The summed E-state index contributed by atoms with van der Waals surface area (Å²) in [5.41, 5.74) is 3.00. The largest absolute Gasteiger partial charge is 0.404 e. The highest BCUT2D eigenvalue weighted by Gasteiger charge is 2.22. The van der Waals surface area contributed by atoms with Crippen LogP contribution < -0.4 is 10.6 Å². The van der Waals surface area contributed by atoms with Crippen LogP contribution in [-0.2, 0) is 11.2 Å². The van der Waals surface area contributed by atoms with Crippen molar-refractivity contribution in [1.29, 1.82) is 0 Å². The molecular formula is C19H19FN4O2. The number of amides is 1. The molecule has 1 fully saturated rings. The minimum atomic E-state index is -0.463. The first-order chi connectivity index (χ1) is 12.7. The Kier molecular flexibility index (Phi) is 4.51. The average Bonchev–Trinajstić information content (AvgIpc) is 3.40. The Hall–Kier alpha value is -2.96. The molecule has 0 radical (unpaired) electrons. The summed E-state index contributed by atoms with van der Waals surface area (Å²) in [6.07, 6.45) is 3.99. The zero-order valence-corrected chi connectivity index (χ0v) is 14.2. The highest BCUT2D eigenvalue weighted by molar-refractivity contribution is 5.78. The Morgan fingerprint density at radius 3 is 2.81 bits per heavy atom. The van der Waals surface area contributed by atoms with Crippen LogP contribution in [0.4, 0.5) is 10.4 Å². The molecule has 0 saturated heterocycles. The monoisotopic (exact) mass is 354 g/mol. The highest BCUT2D eigenvalue weighted by atomic mass is 19.1. The number of oxazole rings is 1. The molecule has 134 valence electrons. The number of benzene rings is 1. The van der Waals surface area contributed by atoms with Crippen LogP contribution in [0.3, 0.4) is 0 Å². The van der Waals surface area contributed by atoms with E-state index in [2.05, 4.69) is 32.7 Å². The number of pyridine rings is 1. The smallest absolute Gasteiger partial charge is 0.297 e. The van der Waals surface area contributed by atoms with E-state index < -0.39 is 5.82 Å². The van der Waals surface area contributed by atoms with Crippen LogP contribution in [0.1, 0.15) is 29.9 Å². The van der Waals surface area contributed by atoms with Gasteiger partial charge in [-0.05, 0) is 29.9 Å². The van der Waals surface area contributed by atoms with E-state index in [1.807, 2.05) is 12.1 Å². The van der Waals surface area contributed by atoms with Crippen LogP contribution in [0.2, 0.25) is 0 Å². The lowest BCUT2D eigenvalue weighted by atomic mass is 10.1. The van der Waals surface area contributed by atoms with E-state index in [1.54, 1.807) is 0 Å². The van der Waals surface area contributed by atoms with Crippen molar-refractivity contribution >= 4 is 23.2 Å². The highest BCUT2D eigenvalue weighted by Crippen LogP contribution is 2.39. The molecule has 2 heterocycles. The van der Waals surface area contributed by atoms with Crippen molar-refractivity contribution < 1.29 is 13.6 Å². The Morgan fingerprint density at radius 2 is 2.04 bits per heavy atom.